The van der Waals surface area contributed by atoms with Gasteiger partial charge in [-0.3, -0.25) is 4.79 Å². The van der Waals surface area contributed by atoms with Crippen LogP contribution < -0.4 is 14.8 Å². The Balaban J connectivity index is 0.00000100. The standard InChI is InChI=1S/C23H26F4N2O2.H3NO2S/c1-4-15-6-9-20(31-3)21(17(15)5-2)28-10-12-29(13-11-28)22(30)18-8-7-16(24)14-19(18)23(25,26)27;1-4(2)3/h6-9,14H,4-5,10-13H2,1-3H3;4H,(H2,1,2,3). The number of piperazine rings is 1. The molecule has 1 aliphatic rings. The predicted octanol–water partition coefficient (Wildman–Crippen LogP) is 3.41. The molecule has 3 rings (SSSR count). The summed E-state index contributed by atoms with van der Waals surface area (Å²) in [5.74, 6) is -1.02. The minimum absolute atomic E-state index is 0.260. The normalized spacial score (nSPS) is 14.0. The number of carbonyl (C=O) groups is 1. The molecular formula is C23H29F4N3O4S. The lowest BCUT2D eigenvalue weighted by Crippen LogP contribution is -2.49. The molecule has 0 radical (unpaired) electrons. The molecule has 1 aliphatic heterocycles. The summed E-state index contributed by atoms with van der Waals surface area (Å²) in [4.78, 5) is 16.3. The molecule has 1 amide bonds. The number of rotatable bonds is 5. The number of anilines is 1. The molecule has 0 atom stereocenters. The molecule has 2 aromatic carbocycles. The van der Waals surface area contributed by atoms with Gasteiger partial charge in [0.15, 0.2) is 10.9 Å². The predicted molar refractivity (Wildman–Crippen MR) is 126 cm³/mol. The fourth-order valence-electron chi connectivity index (χ4n) is 4.13. The van der Waals surface area contributed by atoms with Crippen LogP contribution in [0.5, 0.6) is 5.75 Å². The minimum Gasteiger partial charge on any atom is -0.495 e. The van der Waals surface area contributed by atoms with E-state index in [1.165, 1.54) is 16.0 Å². The van der Waals surface area contributed by atoms with Crippen LogP contribution in [0.4, 0.5) is 23.2 Å². The van der Waals surface area contributed by atoms with Crippen molar-refractivity contribution < 1.29 is 35.5 Å². The van der Waals surface area contributed by atoms with E-state index in [9.17, 15) is 22.4 Å². The van der Waals surface area contributed by atoms with E-state index in [4.69, 9.17) is 13.2 Å². The van der Waals surface area contributed by atoms with E-state index in [0.29, 0.717) is 19.2 Å². The van der Waals surface area contributed by atoms with Crippen LogP contribution in [0.25, 0.3) is 0 Å². The molecule has 7 nitrogen and oxygen atoms in total. The van der Waals surface area contributed by atoms with E-state index in [0.717, 1.165) is 36.4 Å². The van der Waals surface area contributed by atoms with Crippen LogP contribution in [0.3, 0.4) is 0 Å². The molecule has 12 heteroatoms. The molecule has 0 saturated carbocycles. The van der Waals surface area contributed by atoms with Crippen LogP contribution in [-0.4, -0.2) is 52.5 Å². The fourth-order valence-corrected chi connectivity index (χ4v) is 4.13. The molecule has 1 saturated heterocycles. The van der Waals surface area contributed by atoms with Gasteiger partial charge in [0, 0.05) is 26.2 Å². The van der Waals surface area contributed by atoms with Crippen LogP contribution in [0.1, 0.15) is 40.9 Å². The molecule has 0 unspecified atom stereocenters. The number of hydrogen-bond acceptors (Lipinski definition) is 5. The summed E-state index contributed by atoms with van der Waals surface area (Å²) in [7, 11) is -1.01. The molecule has 1 fully saturated rings. The van der Waals surface area contributed by atoms with Crippen molar-refractivity contribution in [1.29, 1.82) is 0 Å². The quantitative estimate of drug-likeness (QED) is 0.467. The summed E-state index contributed by atoms with van der Waals surface area (Å²) in [6, 6.07) is 6.15. The molecule has 0 bridgehead atoms. The first-order valence-corrected chi connectivity index (χ1v) is 12.2. The third kappa shape index (κ3) is 7.07. The van der Waals surface area contributed by atoms with Gasteiger partial charge in [-0.15, -0.1) is 0 Å². The summed E-state index contributed by atoms with van der Waals surface area (Å²) in [6.07, 6.45) is -3.11. The molecular weight excluding hydrogens is 490 g/mol. The van der Waals surface area contributed by atoms with E-state index in [-0.39, 0.29) is 13.1 Å². The van der Waals surface area contributed by atoms with Crippen molar-refractivity contribution in [2.24, 2.45) is 5.14 Å². The Morgan fingerprint density at radius 3 is 2.14 bits per heavy atom. The molecule has 2 N–H and O–H groups in total. The van der Waals surface area contributed by atoms with Gasteiger partial charge in [-0.1, -0.05) is 19.9 Å². The molecule has 194 valence electrons. The number of methoxy groups -OCH3 is 1. The highest BCUT2D eigenvalue weighted by Gasteiger charge is 2.37. The second-order valence-corrected chi connectivity index (χ2v) is 8.28. The molecule has 2 aromatic rings. The summed E-state index contributed by atoms with van der Waals surface area (Å²) in [6.45, 7) is 5.61. The van der Waals surface area contributed by atoms with Gasteiger partial charge in [-0.25, -0.2) is 17.9 Å². The van der Waals surface area contributed by atoms with Crippen molar-refractivity contribution in [2.45, 2.75) is 32.9 Å². The van der Waals surface area contributed by atoms with Crippen molar-refractivity contribution >= 4 is 22.5 Å². The SMILES string of the molecule is CCc1ccc(OC)c(N2CCN(C(=O)c3ccc(F)cc3C(F)(F)F)CC2)c1CC.N[SH](=O)=O. The number of carbonyl (C=O) groups excluding carboxylic acids is 1. The first kappa shape index (κ1) is 28.4. The first-order valence-electron chi connectivity index (χ1n) is 10.9. The van der Waals surface area contributed by atoms with Gasteiger partial charge in [-0.05, 0) is 48.2 Å². The lowest BCUT2D eigenvalue weighted by molar-refractivity contribution is -0.138. The first-order chi connectivity index (χ1) is 16.4. The second-order valence-electron chi connectivity index (χ2n) is 7.71. The Hall–Kier alpha value is -2.86. The monoisotopic (exact) mass is 519 g/mol. The number of halogens is 4. The number of alkyl halides is 3. The second kappa shape index (κ2) is 12.2. The van der Waals surface area contributed by atoms with Crippen LogP contribution in [0.2, 0.25) is 0 Å². The third-order valence-corrected chi connectivity index (χ3v) is 5.70. The number of nitrogens with zero attached hydrogens (tertiary/aromatic N) is 2. The lowest BCUT2D eigenvalue weighted by Gasteiger charge is -2.38. The van der Waals surface area contributed by atoms with E-state index in [1.54, 1.807) is 7.11 Å². The van der Waals surface area contributed by atoms with Crippen molar-refractivity contribution in [2.75, 3.05) is 38.2 Å². The van der Waals surface area contributed by atoms with Crippen molar-refractivity contribution in [3.05, 3.63) is 58.4 Å². The summed E-state index contributed by atoms with van der Waals surface area (Å²) in [5, 5.41) is 4.06. The minimum atomic E-state index is -4.81. The highest BCUT2D eigenvalue weighted by atomic mass is 32.2. The number of benzene rings is 2. The van der Waals surface area contributed by atoms with Gasteiger partial charge < -0.3 is 14.5 Å². The van der Waals surface area contributed by atoms with Gasteiger partial charge in [0.1, 0.15) is 11.6 Å². The number of thiol groups is 1. The highest BCUT2D eigenvalue weighted by molar-refractivity contribution is 7.69. The van der Waals surface area contributed by atoms with E-state index in [2.05, 4.69) is 23.9 Å². The zero-order chi connectivity index (χ0) is 26.3. The number of hydrogen-bond donors (Lipinski definition) is 2. The topological polar surface area (TPSA) is 92.9 Å². The van der Waals surface area contributed by atoms with Crippen molar-refractivity contribution in [3.63, 3.8) is 0 Å². The molecule has 0 spiro atoms. The van der Waals surface area contributed by atoms with E-state index < -0.39 is 39.9 Å². The number of amides is 1. The molecule has 35 heavy (non-hydrogen) atoms. The molecule has 1 heterocycles. The highest BCUT2D eigenvalue weighted by Crippen LogP contribution is 2.37. The van der Waals surface area contributed by atoms with E-state index in [1.807, 2.05) is 12.1 Å². The molecule has 0 aliphatic carbocycles. The third-order valence-electron chi connectivity index (χ3n) is 5.70. The maximum absolute atomic E-state index is 13.4. The smallest absolute Gasteiger partial charge is 0.417 e. The van der Waals surface area contributed by atoms with E-state index >= 15 is 0 Å². The van der Waals surface area contributed by atoms with Crippen LogP contribution in [0.15, 0.2) is 30.3 Å². The number of nitrogens with two attached hydrogens (primary N) is 1. The maximum Gasteiger partial charge on any atom is 0.417 e. The van der Waals surface area contributed by atoms with Gasteiger partial charge >= 0.3 is 6.18 Å². The van der Waals surface area contributed by atoms with Crippen molar-refractivity contribution in [1.82, 2.24) is 4.90 Å². The number of ether oxygens (including phenoxy) is 1. The van der Waals surface area contributed by atoms with Gasteiger partial charge in [-0.2, -0.15) is 13.2 Å². The van der Waals surface area contributed by atoms with Crippen LogP contribution >= 0.6 is 0 Å². The van der Waals surface area contributed by atoms with Gasteiger partial charge in [0.25, 0.3) is 5.91 Å². The average Bonchev–Trinajstić information content (AvgIpc) is 2.81. The summed E-state index contributed by atoms with van der Waals surface area (Å²) < 4.78 is 76.5. The largest absolute Gasteiger partial charge is 0.495 e. The Kier molecular flexibility index (Phi) is 9.90. The summed E-state index contributed by atoms with van der Waals surface area (Å²) >= 11 is 0. The van der Waals surface area contributed by atoms with Gasteiger partial charge in [0.2, 0.25) is 0 Å². The Morgan fingerprint density at radius 1 is 1.06 bits per heavy atom. The Morgan fingerprint density at radius 2 is 1.66 bits per heavy atom. The zero-order valence-corrected chi connectivity index (χ0v) is 20.6. The summed E-state index contributed by atoms with van der Waals surface area (Å²) in [5.41, 5.74) is 1.61. The van der Waals surface area contributed by atoms with Gasteiger partial charge in [0.05, 0.1) is 23.9 Å². The van der Waals surface area contributed by atoms with Crippen LogP contribution in [0, 0.1) is 5.82 Å². The molecule has 0 aromatic heterocycles. The fraction of sp³-hybridized carbons (Fsp3) is 0.435. The number of aryl methyl sites for hydroxylation is 1. The maximum atomic E-state index is 13.4. The lowest BCUT2D eigenvalue weighted by atomic mass is 9.98. The Bertz CT molecular complexity index is 1110. The van der Waals surface area contributed by atoms with Crippen LogP contribution in [-0.2, 0) is 29.9 Å². The average molecular weight is 520 g/mol. The zero-order valence-electron chi connectivity index (χ0n) is 19.7. The Labute approximate surface area is 203 Å². The van der Waals surface area contributed by atoms with Crippen molar-refractivity contribution in [3.8, 4) is 5.75 Å².